The Labute approximate surface area is 197 Å². The van der Waals surface area contributed by atoms with E-state index in [1.807, 2.05) is 12.1 Å². The fourth-order valence-electron chi connectivity index (χ4n) is 4.39. The third kappa shape index (κ3) is 4.81. The van der Waals surface area contributed by atoms with Gasteiger partial charge >= 0.3 is 5.63 Å². The molecule has 6 heteroatoms. The zero-order chi connectivity index (χ0) is 22.8. The lowest BCUT2D eigenvalue weighted by atomic mass is 10.0. The number of aromatic hydroxyl groups is 1. The summed E-state index contributed by atoms with van der Waals surface area (Å²) in [5.74, 6) is 0.150. The maximum absolute atomic E-state index is 12.8. The summed E-state index contributed by atoms with van der Waals surface area (Å²) >= 11 is 5.98. The Bertz CT molecular complexity index is 1310. The molecule has 5 nitrogen and oxygen atoms in total. The van der Waals surface area contributed by atoms with Gasteiger partial charge in [0.05, 0.1) is 11.1 Å². The van der Waals surface area contributed by atoms with Crippen molar-refractivity contribution in [2.24, 2.45) is 0 Å². The first-order chi connectivity index (χ1) is 16.1. The summed E-state index contributed by atoms with van der Waals surface area (Å²) in [5, 5.41) is 12.0. The number of benzene rings is 3. The molecule has 0 saturated carbocycles. The third-order valence-corrected chi connectivity index (χ3v) is 6.48. The number of hydrogen-bond donors (Lipinski definition) is 1. The summed E-state index contributed by atoms with van der Waals surface area (Å²) in [5.41, 5.74) is 3.22. The number of rotatable bonds is 5. The summed E-state index contributed by atoms with van der Waals surface area (Å²) < 4.78 is 5.75. The molecule has 0 aliphatic carbocycles. The van der Waals surface area contributed by atoms with Crippen LogP contribution in [-0.4, -0.2) is 41.1 Å². The van der Waals surface area contributed by atoms with Crippen molar-refractivity contribution in [3.63, 3.8) is 0 Å². The molecule has 1 fully saturated rings. The van der Waals surface area contributed by atoms with E-state index in [4.69, 9.17) is 16.0 Å². The van der Waals surface area contributed by atoms with E-state index < -0.39 is 5.63 Å². The van der Waals surface area contributed by atoms with Crippen molar-refractivity contribution < 1.29 is 9.52 Å². The van der Waals surface area contributed by atoms with Crippen LogP contribution in [0.15, 0.2) is 82.0 Å². The molecule has 33 heavy (non-hydrogen) atoms. The highest BCUT2D eigenvalue weighted by Crippen LogP contribution is 2.30. The normalized spacial score (nSPS) is 15.2. The van der Waals surface area contributed by atoms with Crippen LogP contribution in [0.4, 0.5) is 0 Å². The highest BCUT2D eigenvalue weighted by molar-refractivity contribution is 6.30. The molecule has 2 heterocycles. The maximum Gasteiger partial charge on any atom is 0.344 e. The second-order valence-electron chi connectivity index (χ2n) is 8.47. The van der Waals surface area contributed by atoms with E-state index in [0.717, 1.165) is 43.7 Å². The first kappa shape index (κ1) is 21.7. The van der Waals surface area contributed by atoms with Crippen molar-refractivity contribution in [1.82, 2.24) is 9.80 Å². The molecule has 1 aliphatic rings. The van der Waals surface area contributed by atoms with Gasteiger partial charge in [0.2, 0.25) is 0 Å². The van der Waals surface area contributed by atoms with Gasteiger partial charge in [-0.15, -0.1) is 0 Å². The highest BCUT2D eigenvalue weighted by Gasteiger charge is 2.21. The quantitative estimate of drug-likeness (QED) is 0.418. The fourth-order valence-corrected chi connectivity index (χ4v) is 4.51. The minimum Gasteiger partial charge on any atom is -0.507 e. The van der Waals surface area contributed by atoms with Crippen LogP contribution in [0, 0.1) is 0 Å². The molecule has 0 atom stereocenters. The van der Waals surface area contributed by atoms with Crippen LogP contribution in [0.1, 0.15) is 11.1 Å². The molecule has 1 saturated heterocycles. The average molecular weight is 461 g/mol. The third-order valence-electron chi connectivity index (χ3n) is 6.23. The summed E-state index contributed by atoms with van der Waals surface area (Å²) in [7, 11) is 0. The number of piperazine rings is 1. The fraction of sp³-hybridized carbons (Fsp3) is 0.222. The van der Waals surface area contributed by atoms with Crippen LogP contribution in [0.2, 0.25) is 5.02 Å². The highest BCUT2D eigenvalue weighted by atomic mass is 35.5. The number of halogens is 1. The maximum atomic E-state index is 12.8. The van der Waals surface area contributed by atoms with Crippen molar-refractivity contribution >= 4 is 22.6 Å². The van der Waals surface area contributed by atoms with Crippen LogP contribution in [0.5, 0.6) is 5.75 Å². The lowest BCUT2D eigenvalue weighted by molar-refractivity contribution is 0.121. The molecule has 4 aromatic rings. The van der Waals surface area contributed by atoms with Crippen molar-refractivity contribution in [1.29, 1.82) is 0 Å². The van der Waals surface area contributed by atoms with Crippen LogP contribution in [-0.2, 0) is 13.1 Å². The minimum absolute atomic E-state index is 0.150. The summed E-state index contributed by atoms with van der Waals surface area (Å²) in [6.45, 7) is 5.14. The van der Waals surface area contributed by atoms with Gasteiger partial charge < -0.3 is 9.52 Å². The van der Waals surface area contributed by atoms with E-state index in [0.29, 0.717) is 28.3 Å². The molecule has 0 radical (unpaired) electrons. The molecule has 0 unspecified atom stereocenters. The molecule has 1 aliphatic heterocycles. The molecular weight excluding hydrogens is 436 g/mol. The van der Waals surface area contributed by atoms with E-state index in [9.17, 15) is 9.90 Å². The average Bonchev–Trinajstić information content (AvgIpc) is 2.83. The number of nitrogens with zero attached hydrogens (tertiary/aromatic N) is 2. The van der Waals surface area contributed by atoms with Gasteiger partial charge in [-0.3, -0.25) is 9.80 Å². The van der Waals surface area contributed by atoms with Crippen molar-refractivity contribution in [3.05, 3.63) is 99.4 Å². The predicted molar refractivity (Wildman–Crippen MR) is 132 cm³/mol. The van der Waals surface area contributed by atoms with Gasteiger partial charge in [-0.1, -0.05) is 54.1 Å². The largest absolute Gasteiger partial charge is 0.507 e. The molecular formula is C27H25ClN2O3. The number of phenolic OH excluding ortho intramolecular Hbond substituents is 1. The first-order valence-corrected chi connectivity index (χ1v) is 11.5. The topological polar surface area (TPSA) is 56.9 Å². The minimum atomic E-state index is -0.427. The second kappa shape index (κ2) is 9.40. The van der Waals surface area contributed by atoms with Gasteiger partial charge in [0.1, 0.15) is 11.3 Å². The van der Waals surface area contributed by atoms with Gasteiger partial charge in [-0.05, 0) is 41.5 Å². The molecule has 0 amide bonds. The van der Waals surface area contributed by atoms with Gasteiger partial charge in [-0.25, -0.2) is 4.79 Å². The Kier molecular flexibility index (Phi) is 6.18. The Balaban J connectivity index is 1.35. The monoisotopic (exact) mass is 460 g/mol. The lowest BCUT2D eigenvalue weighted by Crippen LogP contribution is -2.45. The Morgan fingerprint density at radius 3 is 2.21 bits per heavy atom. The van der Waals surface area contributed by atoms with Crippen molar-refractivity contribution in [2.45, 2.75) is 13.1 Å². The van der Waals surface area contributed by atoms with E-state index in [-0.39, 0.29) is 5.75 Å². The van der Waals surface area contributed by atoms with Crippen LogP contribution in [0.25, 0.3) is 22.1 Å². The molecule has 1 N–H and O–H groups in total. The molecule has 5 rings (SSSR count). The predicted octanol–water partition coefficient (Wildman–Crippen LogP) is 5.14. The zero-order valence-electron chi connectivity index (χ0n) is 18.2. The molecule has 168 valence electrons. The van der Waals surface area contributed by atoms with Crippen LogP contribution >= 0.6 is 11.6 Å². The molecule has 1 aromatic heterocycles. The van der Waals surface area contributed by atoms with E-state index in [2.05, 4.69) is 34.1 Å². The van der Waals surface area contributed by atoms with Gasteiger partial charge in [0, 0.05) is 49.7 Å². The smallest absolute Gasteiger partial charge is 0.344 e. The summed E-state index contributed by atoms with van der Waals surface area (Å²) in [6.07, 6.45) is 0. The van der Waals surface area contributed by atoms with Crippen molar-refractivity contribution in [2.75, 3.05) is 26.2 Å². The SMILES string of the molecule is O=c1oc2c(CN3CCN(Cc4ccccc4)CC3)c(O)ccc2cc1-c1ccc(Cl)cc1. The first-order valence-electron chi connectivity index (χ1n) is 11.1. The number of hydrogen-bond acceptors (Lipinski definition) is 5. The van der Waals surface area contributed by atoms with Crippen LogP contribution in [0.3, 0.4) is 0 Å². The number of phenols is 1. The van der Waals surface area contributed by atoms with Gasteiger partial charge in [0.25, 0.3) is 0 Å². The van der Waals surface area contributed by atoms with Crippen molar-refractivity contribution in [3.8, 4) is 16.9 Å². The van der Waals surface area contributed by atoms with Gasteiger partial charge in [-0.2, -0.15) is 0 Å². The van der Waals surface area contributed by atoms with E-state index in [1.54, 1.807) is 36.4 Å². The molecule has 3 aromatic carbocycles. The van der Waals surface area contributed by atoms with Crippen LogP contribution < -0.4 is 5.63 Å². The Morgan fingerprint density at radius 2 is 1.52 bits per heavy atom. The summed E-state index contributed by atoms with van der Waals surface area (Å²) in [6, 6.07) is 22.9. The van der Waals surface area contributed by atoms with Gasteiger partial charge in [0.15, 0.2) is 0 Å². The molecule has 0 spiro atoms. The Morgan fingerprint density at radius 1 is 0.848 bits per heavy atom. The zero-order valence-corrected chi connectivity index (χ0v) is 19.0. The second-order valence-corrected chi connectivity index (χ2v) is 8.91. The summed E-state index contributed by atoms with van der Waals surface area (Å²) in [4.78, 5) is 17.5. The number of fused-ring (bicyclic) bond motifs is 1. The molecule has 0 bridgehead atoms. The Hall–Kier alpha value is -3.12. The standard InChI is InChI=1S/C27H25ClN2O3/c28-22-9-6-20(7-10-22)23-16-21-8-11-25(31)24(26(21)33-27(23)32)18-30-14-12-29(13-15-30)17-19-4-2-1-3-5-19/h1-11,16,31H,12-15,17-18H2. The van der Waals surface area contributed by atoms with E-state index in [1.165, 1.54) is 5.56 Å². The lowest BCUT2D eigenvalue weighted by Gasteiger charge is -2.34. The van der Waals surface area contributed by atoms with E-state index >= 15 is 0 Å².